The number of hydrogen-bond acceptors (Lipinski definition) is 13. The lowest BCUT2D eigenvalue weighted by Crippen LogP contribution is -2.65. The molecule has 0 spiro atoms. The molecular formula is C79H133NO13. The number of hydrogen-bond donors (Lipinski definition) is 9. The van der Waals surface area contributed by atoms with Crippen LogP contribution in [0.3, 0.4) is 0 Å². The maximum atomic E-state index is 13.3. The molecule has 14 heteroatoms. The molecule has 12 unspecified atom stereocenters. The van der Waals surface area contributed by atoms with Crippen molar-refractivity contribution in [2.45, 2.75) is 338 Å². The molecule has 2 saturated heterocycles. The largest absolute Gasteiger partial charge is 0.394 e. The van der Waals surface area contributed by atoms with Gasteiger partial charge >= 0.3 is 0 Å². The van der Waals surface area contributed by atoms with Gasteiger partial charge in [-0.2, -0.15) is 0 Å². The third kappa shape index (κ3) is 45.3. The fourth-order valence-corrected chi connectivity index (χ4v) is 11.2. The van der Waals surface area contributed by atoms with Gasteiger partial charge in [0.25, 0.3) is 0 Å². The molecule has 0 aromatic carbocycles. The van der Waals surface area contributed by atoms with E-state index in [1.165, 1.54) is 128 Å². The summed E-state index contributed by atoms with van der Waals surface area (Å²) >= 11 is 0. The molecule has 2 heterocycles. The molecule has 9 N–H and O–H groups in total. The Morgan fingerprint density at radius 1 is 0.398 bits per heavy atom. The standard InChI is InChI=1S/C79H133NO13/c1-3-5-7-9-11-13-15-17-19-21-23-25-27-28-29-30-31-32-33-34-35-36-37-38-39-40-41-43-45-47-49-51-53-55-57-59-61-63-71(84)80-67(66-90-78-76(89)74(87)77(70(65-82)92-78)93-79-75(88)73(86)72(85)69(64-81)91-79)68(83)62-60-58-56-54-52-50-48-46-44-42-26-24-22-20-18-16-14-12-10-8-6-4-2/h5,7,11,13,17,19,23,25,28-29,31-32,34-35,37-38,44,46,52,54,60,62,67-70,72-79,81-83,85-89H,3-4,6,8-10,12,14-16,18,20-22,24,26-27,30,33,36,39-43,45,47-51,53,55-59,61,63-66H2,1-2H3,(H,80,84)/b7-5-,13-11-,19-17-,25-23-,29-28-,32-31-,35-34-,38-37-,46-44+,54-52+,62-60+. The minimum atomic E-state index is -1.80. The first kappa shape index (κ1) is 85.2. The number of unbranched alkanes of at least 4 members (excludes halogenated alkanes) is 26. The van der Waals surface area contributed by atoms with Gasteiger partial charge in [-0.25, -0.2) is 0 Å². The number of allylic oxidation sites excluding steroid dienone is 21. The first-order chi connectivity index (χ1) is 45.6. The second kappa shape index (κ2) is 61.7. The molecule has 12 atom stereocenters. The van der Waals surface area contributed by atoms with Gasteiger partial charge in [0, 0.05) is 6.42 Å². The highest BCUT2D eigenvalue weighted by Crippen LogP contribution is 2.30. The van der Waals surface area contributed by atoms with Crippen LogP contribution in [0.5, 0.6) is 0 Å². The molecule has 0 aromatic rings. The smallest absolute Gasteiger partial charge is 0.220 e. The molecule has 0 bridgehead atoms. The Labute approximate surface area is 564 Å². The maximum Gasteiger partial charge on any atom is 0.220 e. The molecular weight excluding hydrogens is 1170 g/mol. The number of amides is 1. The predicted octanol–water partition coefficient (Wildman–Crippen LogP) is 15.8. The number of carbonyl (C=O) groups is 1. The van der Waals surface area contributed by atoms with Crippen LogP contribution in [0.4, 0.5) is 0 Å². The van der Waals surface area contributed by atoms with E-state index < -0.39 is 86.8 Å². The van der Waals surface area contributed by atoms with Crippen molar-refractivity contribution in [2.75, 3.05) is 19.8 Å². The fraction of sp³-hybridized carbons (Fsp3) is 0.709. The number of nitrogens with one attached hydrogen (secondary N) is 1. The van der Waals surface area contributed by atoms with Gasteiger partial charge in [0.15, 0.2) is 12.6 Å². The lowest BCUT2D eigenvalue weighted by atomic mass is 9.97. The third-order valence-electron chi connectivity index (χ3n) is 17.0. The summed E-state index contributed by atoms with van der Waals surface area (Å²) in [5.74, 6) is -0.259. The van der Waals surface area contributed by atoms with E-state index in [-0.39, 0.29) is 18.9 Å². The van der Waals surface area contributed by atoms with Crippen molar-refractivity contribution in [3.8, 4) is 0 Å². The van der Waals surface area contributed by atoms with E-state index in [4.69, 9.17) is 18.9 Å². The molecule has 2 aliphatic heterocycles. The second-order valence-corrected chi connectivity index (χ2v) is 25.3. The average molecular weight is 1300 g/mol. The zero-order chi connectivity index (χ0) is 67.3. The summed E-state index contributed by atoms with van der Waals surface area (Å²) in [5.41, 5.74) is 0. The van der Waals surface area contributed by atoms with Crippen LogP contribution in [-0.4, -0.2) is 140 Å². The SMILES string of the molecule is CC/C=C\C/C=C\C/C=C\C/C=C\C/C=C\C/C=C\C/C=C\C/C=C\CCCCCCCCCCCCCCC(=O)NC(COC1OC(CO)C(OC2OC(CO)C(O)C(O)C2O)C(O)C1O)C(O)/C=C/CC/C=C/CC/C=C/CCCCCCCCCCCCCC. The van der Waals surface area contributed by atoms with Gasteiger partial charge < -0.3 is 65.1 Å². The minimum absolute atomic E-state index is 0.259. The summed E-state index contributed by atoms with van der Waals surface area (Å²) in [7, 11) is 0. The third-order valence-corrected chi connectivity index (χ3v) is 17.0. The van der Waals surface area contributed by atoms with Crippen molar-refractivity contribution >= 4 is 5.91 Å². The van der Waals surface area contributed by atoms with Gasteiger partial charge in [0.1, 0.15) is 48.8 Å². The van der Waals surface area contributed by atoms with E-state index in [0.29, 0.717) is 12.8 Å². The van der Waals surface area contributed by atoms with Crippen molar-refractivity contribution in [3.05, 3.63) is 134 Å². The van der Waals surface area contributed by atoms with Crippen LogP contribution in [0.15, 0.2) is 134 Å². The number of ether oxygens (including phenoxy) is 4. The lowest BCUT2D eigenvalue weighted by molar-refractivity contribution is -0.359. The first-order valence-corrected chi connectivity index (χ1v) is 36.9. The minimum Gasteiger partial charge on any atom is -0.394 e. The molecule has 0 aromatic heterocycles. The number of carbonyl (C=O) groups excluding carboxylic acids is 1. The second-order valence-electron chi connectivity index (χ2n) is 25.3. The predicted molar refractivity (Wildman–Crippen MR) is 382 cm³/mol. The molecule has 2 rings (SSSR count). The van der Waals surface area contributed by atoms with Crippen LogP contribution in [0.1, 0.15) is 264 Å². The molecule has 0 saturated carbocycles. The highest BCUT2D eigenvalue weighted by atomic mass is 16.7. The van der Waals surface area contributed by atoms with E-state index in [9.17, 15) is 45.6 Å². The van der Waals surface area contributed by atoms with Gasteiger partial charge in [-0.3, -0.25) is 4.79 Å². The normalized spacial score (nSPS) is 23.4. The van der Waals surface area contributed by atoms with Crippen LogP contribution in [0.25, 0.3) is 0 Å². The molecule has 1 amide bonds. The van der Waals surface area contributed by atoms with Crippen LogP contribution in [0.2, 0.25) is 0 Å². The van der Waals surface area contributed by atoms with Crippen molar-refractivity contribution in [1.29, 1.82) is 0 Å². The topological polar surface area (TPSA) is 228 Å². The fourth-order valence-electron chi connectivity index (χ4n) is 11.2. The summed E-state index contributed by atoms with van der Waals surface area (Å²) in [6.45, 7) is 2.67. The maximum absolute atomic E-state index is 13.3. The van der Waals surface area contributed by atoms with Crippen LogP contribution < -0.4 is 5.32 Å². The Kier molecular flexibility index (Phi) is 56.5. The zero-order valence-corrected chi connectivity index (χ0v) is 57.9. The van der Waals surface area contributed by atoms with Crippen LogP contribution in [-0.2, 0) is 23.7 Å². The molecule has 532 valence electrons. The van der Waals surface area contributed by atoms with Crippen molar-refractivity contribution in [2.24, 2.45) is 0 Å². The monoisotopic (exact) mass is 1300 g/mol. The van der Waals surface area contributed by atoms with Crippen LogP contribution >= 0.6 is 0 Å². The Hall–Kier alpha value is -3.87. The number of aliphatic hydroxyl groups excluding tert-OH is 8. The van der Waals surface area contributed by atoms with Gasteiger partial charge in [-0.15, -0.1) is 0 Å². The zero-order valence-electron chi connectivity index (χ0n) is 57.9. The lowest BCUT2D eigenvalue weighted by Gasteiger charge is -2.46. The summed E-state index contributed by atoms with van der Waals surface area (Å²) in [5, 5.41) is 87.5. The summed E-state index contributed by atoms with van der Waals surface area (Å²) in [6, 6.07) is -0.949. The Morgan fingerprint density at radius 2 is 0.753 bits per heavy atom. The van der Waals surface area contributed by atoms with Crippen molar-refractivity contribution < 1.29 is 64.6 Å². The highest BCUT2D eigenvalue weighted by molar-refractivity contribution is 5.76. The average Bonchev–Trinajstić information content (AvgIpc) is 0.852. The number of rotatable bonds is 59. The Balaban J connectivity index is 1.66. The molecule has 0 radical (unpaired) electrons. The summed E-state index contributed by atoms with van der Waals surface area (Å²) in [4.78, 5) is 13.3. The molecule has 14 nitrogen and oxygen atoms in total. The van der Waals surface area contributed by atoms with E-state index >= 15 is 0 Å². The van der Waals surface area contributed by atoms with Crippen molar-refractivity contribution in [1.82, 2.24) is 5.32 Å². The Morgan fingerprint density at radius 3 is 1.18 bits per heavy atom. The molecule has 2 fully saturated rings. The van der Waals surface area contributed by atoms with E-state index in [2.05, 4.69) is 141 Å². The van der Waals surface area contributed by atoms with E-state index in [1.54, 1.807) is 6.08 Å². The molecule has 0 aliphatic carbocycles. The van der Waals surface area contributed by atoms with E-state index in [1.807, 2.05) is 6.08 Å². The number of aliphatic hydroxyl groups is 8. The van der Waals surface area contributed by atoms with E-state index in [0.717, 1.165) is 103 Å². The highest BCUT2D eigenvalue weighted by Gasteiger charge is 2.51. The summed E-state index contributed by atoms with van der Waals surface area (Å²) < 4.78 is 22.8. The van der Waals surface area contributed by atoms with Gasteiger partial charge in [0.2, 0.25) is 5.91 Å². The quantitative estimate of drug-likeness (QED) is 0.0204. The Bertz CT molecular complexity index is 2070. The summed E-state index contributed by atoms with van der Waals surface area (Å²) in [6.07, 6.45) is 75.1. The molecule has 93 heavy (non-hydrogen) atoms. The van der Waals surface area contributed by atoms with Gasteiger partial charge in [0.05, 0.1) is 32.0 Å². The first-order valence-electron chi connectivity index (χ1n) is 36.9. The van der Waals surface area contributed by atoms with Crippen LogP contribution in [0, 0.1) is 0 Å². The van der Waals surface area contributed by atoms with Crippen molar-refractivity contribution in [3.63, 3.8) is 0 Å². The van der Waals surface area contributed by atoms with Gasteiger partial charge in [-0.05, 0) is 109 Å². The molecule has 2 aliphatic rings. The van der Waals surface area contributed by atoms with Gasteiger partial charge in [-0.1, -0.05) is 282 Å².